The van der Waals surface area contributed by atoms with Gasteiger partial charge in [-0.05, 0) is 46.3 Å². The third kappa shape index (κ3) is 2.51. The Morgan fingerprint density at radius 1 is 1.26 bits per heavy atom. The summed E-state index contributed by atoms with van der Waals surface area (Å²) in [6.07, 6.45) is 0. The van der Waals surface area contributed by atoms with Crippen molar-refractivity contribution in [1.82, 2.24) is 10.1 Å². The fourth-order valence-corrected chi connectivity index (χ4v) is 2.98. The number of aromatic nitrogens is 2. The van der Waals surface area contributed by atoms with E-state index in [-0.39, 0.29) is 0 Å². The van der Waals surface area contributed by atoms with Gasteiger partial charge in [0, 0.05) is 5.56 Å². The van der Waals surface area contributed by atoms with Crippen molar-refractivity contribution in [3.05, 3.63) is 39.1 Å². The number of rotatable bonds is 2. The summed E-state index contributed by atoms with van der Waals surface area (Å²) in [5.41, 5.74) is 6.98. The smallest absolute Gasteiger partial charge is 0.258 e. The van der Waals surface area contributed by atoms with Crippen LogP contribution in [0.1, 0.15) is 0 Å². The van der Waals surface area contributed by atoms with Crippen LogP contribution in [0.2, 0.25) is 5.02 Å². The van der Waals surface area contributed by atoms with E-state index < -0.39 is 0 Å². The highest BCUT2D eigenvalue weighted by Gasteiger charge is 2.13. The van der Waals surface area contributed by atoms with Gasteiger partial charge in [0.2, 0.25) is 5.82 Å². The van der Waals surface area contributed by atoms with Gasteiger partial charge in [0.05, 0.1) is 19.4 Å². The van der Waals surface area contributed by atoms with Crippen molar-refractivity contribution in [3.63, 3.8) is 0 Å². The summed E-state index contributed by atoms with van der Waals surface area (Å²) in [5, 5.41) is 4.46. The van der Waals surface area contributed by atoms with Crippen molar-refractivity contribution in [3.8, 4) is 22.2 Å². The van der Waals surface area contributed by atoms with Crippen molar-refractivity contribution in [2.45, 2.75) is 0 Å². The van der Waals surface area contributed by atoms with Gasteiger partial charge in [-0.15, -0.1) is 11.3 Å². The number of halogens is 2. The zero-order chi connectivity index (χ0) is 13.4. The van der Waals surface area contributed by atoms with Crippen LogP contribution in [0.5, 0.6) is 0 Å². The Bertz CT molecular complexity index is 740. The molecular formula is C12H7BrClN3OS. The van der Waals surface area contributed by atoms with Crippen LogP contribution in [0.3, 0.4) is 0 Å². The third-order valence-corrected chi connectivity index (χ3v) is 4.43. The van der Waals surface area contributed by atoms with Crippen molar-refractivity contribution in [2.75, 3.05) is 5.73 Å². The van der Waals surface area contributed by atoms with E-state index in [1.54, 1.807) is 29.5 Å². The normalized spacial score (nSPS) is 10.8. The Hall–Kier alpha value is -1.37. The first-order valence-electron chi connectivity index (χ1n) is 5.28. The Morgan fingerprint density at radius 3 is 2.79 bits per heavy atom. The highest BCUT2D eigenvalue weighted by Crippen LogP contribution is 2.31. The minimum atomic E-state index is 0.419. The van der Waals surface area contributed by atoms with Crippen molar-refractivity contribution >= 4 is 44.6 Å². The lowest BCUT2D eigenvalue weighted by Gasteiger charge is -1.98. The molecule has 1 aromatic carbocycles. The molecule has 0 spiro atoms. The molecule has 0 bridgehead atoms. The summed E-state index contributed by atoms with van der Waals surface area (Å²) in [6, 6.07) is 9.08. The fraction of sp³-hybridized carbons (Fsp3) is 0. The van der Waals surface area contributed by atoms with Crippen molar-refractivity contribution < 1.29 is 4.52 Å². The number of nitrogen functional groups attached to an aromatic ring is 1. The van der Waals surface area contributed by atoms with E-state index in [9.17, 15) is 0 Å². The lowest BCUT2D eigenvalue weighted by Crippen LogP contribution is -1.87. The second-order valence-electron chi connectivity index (χ2n) is 3.76. The minimum absolute atomic E-state index is 0.419. The van der Waals surface area contributed by atoms with Gasteiger partial charge in [0.25, 0.3) is 5.89 Å². The van der Waals surface area contributed by atoms with Gasteiger partial charge in [-0.25, -0.2) is 0 Å². The van der Waals surface area contributed by atoms with E-state index in [1.165, 1.54) is 0 Å². The molecule has 4 nitrogen and oxygen atoms in total. The first-order chi connectivity index (χ1) is 9.13. The summed E-state index contributed by atoms with van der Waals surface area (Å²) in [4.78, 5) is 5.28. The average molecular weight is 357 g/mol. The van der Waals surface area contributed by atoms with Crippen LogP contribution in [0.25, 0.3) is 22.2 Å². The third-order valence-electron chi connectivity index (χ3n) is 2.46. The molecule has 0 aliphatic heterocycles. The Labute approximate surface area is 126 Å². The molecule has 2 N–H and O–H groups in total. The van der Waals surface area contributed by atoms with Crippen LogP contribution < -0.4 is 5.73 Å². The highest BCUT2D eigenvalue weighted by atomic mass is 79.9. The Balaban J connectivity index is 1.98. The molecule has 3 aromatic rings. The van der Waals surface area contributed by atoms with E-state index in [1.807, 2.05) is 12.1 Å². The molecule has 0 aliphatic carbocycles. The molecule has 0 fully saturated rings. The molecular weight excluding hydrogens is 350 g/mol. The minimum Gasteiger partial charge on any atom is -0.398 e. The average Bonchev–Trinajstić information content (AvgIpc) is 3.01. The summed E-state index contributed by atoms with van der Waals surface area (Å²) >= 11 is 10.8. The van der Waals surface area contributed by atoms with Gasteiger partial charge >= 0.3 is 0 Å². The molecule has 3 rings (SSSR count). The molecule has 96 valence electrons. The van der Waals surface area contributed by atoms with E-state index in [4.69, 9.17) is 21.9 Å². The maximum Gasteiger partial charge on any atom is 0.258 e. The van der Waals surface area contributed by atoms with E-state index in [2.05, 4.69) is 26.1 Å². The summed E-state index contributed by atoms with van der Waals surface area (Å²) in [6.45, 7) is 0. The predicted molar refractivity (Wildman–Crippen MR) is 80.2 cm³/mol. The Morgan fingerprint density at radius 2 is 2.11 bits per heavy atom. The summed E-state index contributed by atoms with van der Waals surface area (Å²) < 4.78 is 6.26. The summed E-state index contributed by atoms with van der Waals surface area (Å²) in [7, 11) is 0. The molecule has 0 saturated carbocycles. The molecule has 0 unspecified atom stereocenters. The highest BCUT2D eigenvalue weighted by molar-refractivity contribution is 9.11. The van der Waals surface area contributed by atoms with Gasteiger partial charge in [-0.2, -0.15) is 4.98 Å². The van der Waals surface area contributed by atoms with Crippen LogP contribution in [0.15, 0.2) is 38.6 Å². The summed E-state index contributed by atoms with van der Waals surface area (Å²) in [5.74, 6) is 0.974. The van der Waals surface area contributed by atoms with E-state index in [0.29, 0.717) is 22.4 Å². The molecule has 0 aliphatic rings. The number of thiophene rings is 1. The van der Waals surface area contributed by atoms with Gasteiger partial charge in [-0.1, -0.05) is 16.8 Å². The maximum atomic E-state index is 5.88. The zero-order valence-corrected chi connectivity index (χ0v) is 12.6. The number of nitrogens with zero attached hydrogens (tertiary/aromatic N) is 2. The van der Waals surface area contributed by atoms with Gasteiger partial charge in [-0.3, -0.25) is 0 Å². The lowest BCUT2D eigenvalue weighted by atomic mass is 10.2. The van der Waals surface area contributed by atoms with Crippen LogP contribution in [-0.2, 0) is 0 Å². The lowest BCUT2D eigenvalue weighted by molar-refractivity contribution is 0.432. The topological polar surface area (TPSA) is 64.9 Å². The second-order valence-corrected chi connectivity index (χ2v) is 6.63. The number of hydrogen-bond donors (Lipinski definition) is 1. The predicted octanol–water partition coefficient (Wildman–Crippen LogP) is 4.46. The molecule has 0 atom stereocenters. The number of anilines is 1. The molecule has 0 saturated heterocycles. The van der Waals surface area contributed by atoms with E-state index in [0.717, 1.165) is 14.2 Å². The van der Waals surface area contributed by atoms with Gasteiger partial charge in [0.1, 0.15) is 0 Å². The molecule has 7 heteroatoms. The van der Waals surface area contributed by atoms with Crippen LogP contribution >= 0.6 is 38.9 Å². The van der Waals surface area contributed by atoms with Crippen LogP contribution in [0.4, 0.5) is 5.69 Å². The first kappa shape index (κ1) is 12.7. The van der Waals surface area contributed by atoms with Crippen molar-refractivity contribution in [1.29, 1.82) is 0 Å². The van der Waals surface area contributed by atoms with Crippen LogP contribution in [0, 0.1) is 0 Å². The molecule has 0 amide bonds. The van der Waals surface area contributed by atoms with Crippen LogP contribution in [-0.4, -0.2) is 10.1 Å². The molecule has 2 heterocycles. The standard InChI is InChI=1S/C12H7BrClN3OS/c13-10-4-3-9(19-10)11-16-12(18-17-11)6-1-2-7(14)8(15)5-6/h1-5H,15H2. The molecule has 0 radical (unpaired) electrons. The van der Waals surface area contributed by atoms with E-state index >= 15 is 0 Å². The number of nitrogens with two attached hydrogens (primary N) is 1. The second kappa shape index (κ2) is 4.96. The maximum absolute atomic E-state index is 5.88. The SMILES string of the molecule is Nc1cc(-c2nc(-c3ccc(Br)s3)no2)ccc1Cl. The largest absolute Gasteiger partial charge is 0.398 e. The molecule has 19 heavy (non-hydrogen) atoms. The molecule has 2 aromatic heterocycles. The zero-order valence-electron chi connectivity index (χ0n) is 9.43. The number of hydrogen-bond acceptors (Lipinski definition) is 5. The quantitative estimate of drug-likeness (QED) is 0.688. The van der Waals surface area contributed by atoms with Crippen molar-refractivity contribution in [2.24, 2.45) is 0 Å². The monoisotopic (exact) mass is 355 g/mol. The Kier molecular flexibility index (Phi) is 3.30. The van der Waals surface area contributed by atoms with Gasteiger partial charge in [0.15, 0.2) is 0 Å². The fourth-order valence-electron chi connectivity index (χ4n) is 1.55. The first-order valence-corrected chi connectivity index (χ1v) is 7.27. The number of benzene rings is 1. The van der Waals surface area contributed by atoms with Gasteiger partial charge < -0.3 is 10.3 Å².